The molecule has 0 atom stereocenters. The summed E-state index contributed by atoms with van der Waals surface area (Å²) in [4.78, 5) is 11.5. The van der Waals surface area contributed by atoms with Gasteiger partial charge >= 0.3 is 0 Å². The van der Waals surface area contributed by atoms with Crippen LogP contribution in [0.5, 0.6) is 5.75 Å². The van der Waals surface area contributed by atoms with Crippen LogP contribution in [-0.4, -0.2) is 32.1 Å². The fourth-order valence-corrected chi connectivity index (χ4v) is 1.73. The molecule has 1 fully saturated rings. The second-order valence-corrected chi connectivity index (χ2v) is 4.66. The lowest BCUT2D eigenvalue weighted by atomic mass is 10.0. The van der Waals surface area contributed by atoms with Crippen molar-refractivity contribution in [1.29, 1.82) is 0 Å². The number of hydrogen-bond donors (Lipinski definition) is 2. The lowest BCUT2D eigenvalue weighted by Gasteiger charge is -2.25. The standard InChI is InChI=1S/C14H20N2O2/c1-11-3-5-13(6-4-11)18-8-2-7-16-14(17)12-9-15-10-12/h3-6,12,15H,2,7-10H2,1H3,(H,16,17). The molecule has 98 valence electrons. The van der Waals surface area contributed by atoms with Crippen LogP contribution in [0.15, 0.2) is 24.3 Å². The Morgan fingerprint density at radius 2 is 2.11 bits per heavy atom. The van der Waals surface area contributed by atoms with Gasteiger partial charge in [0.2, 0.25) is 5.91 Å². The van der Waals surface area contributed by atoms with Crippen LogP contribution < -0.4 is 15.4 Å². The van der Waals surface area contributed by atoms with E-state index in [4.69, 9.17) is 4.74 Å². The molecule has 18 heavy (non-hydrogen) atoms. The molecule has 4 nitrogen and oxygen atoms in total. The molecule has 1 saturated heterocycles. The predicted molar refractivity (Wildman–Crippen MR) is 70.7 cm³/mol. The summed E-state index contributed by atoms with van der Waals surface area (Å²) in [5.74, 6) is 1.21. The molecule has 2 rings (SSSR count). The number of hydrogen-bond acceptors (Lipinski definition) is 3. The van der Waals surface area contributed by atoms with Crippen molar-refractivity contribution in [2.75, 3.05) is 26.2 Å². The van der Waals surface area contributed by atoms with Crippen molar-refractivity contribution < 1.29 is 9.53 Å². The number of nitrogens with one attached hydrogen (secondary N) is 2. The third-order valence-corrected chi connectivity index (χ3v) is 3.06. The van der Waals surface area contributed by atoms with E-state index in [1.807, 2.05) is 24.3 Å². The first kappa shape index (κ1) is 12.9. The molecule has 1 aliphatic rings. The van der Waals surface area contributed by atoms with Crippen LogP contribution >= 0.6 is 0 Å². The minimum atomic E-state index is 0.157. The highest BCUT2D eigenvalue weighted by atomic mass is 16.5. The highest BCUT2D eigenvalue weighted by Gasteiger charge is 2.23. The first-order valence-corrected chi connectivity index (χ1v) is 6.43. The molecule has 2 N–H and O–H groups in total. The zero-order chi connectivity index (χ0) is 12.8. The molecule has 4 heteroatoms. The zero-order valence-electron chi connectivity index (χ0n) is 10.7. The maximum atomic E-state index is 11.5. The fraction of sp³-hybridized carbons (Fsp3) is 0.500. The van der Waals surface area contributed by atoms with Crippen molar-refractivity contribution in [3.63, 3.8) is 0 Å². The molecule has 1 heterocycles. The zero-order valence-corrected chi connectivity index (χ0v) is 10.7. The van der Waals surface area contributed by atoms with E-state index in [0.29, 0.717) is 13.2 Å². The summed E-state index contributed by atoms with van der Waals surface area (Å²) in [6, 6.07) is 7.99. The predicted octanol–water partition coefficient (Wildman–Crippen LogP) is 1.10. The Morgan fingerprint density at radius 1 is 1.39 bits per heavy atom. The molecule has 1 amide bonds. The second-order valence-electron chi connectivity index (χ2n) is 4.66. The van der Waals surface area contributed by atoms with Crippen LogP contribution in [0, 0.1) is 12.8 Å². The fourth-order valence-electron chi connectivity index (χ4n) is 1.73. The van der Waals surface area contributed by atoms with Crippen LogP contribution in [0.25, 0.3) is 0 Å². The van der Waals surface area contributed by atoms with E-state index in [1.165, 1.54) is 5.56 Å². The highest BCUT2D eigenvalue weighted by Crippen LogP contribution is 2.11. The molecule has 0 spiro atoms. The number of benzene rings is 1. The monoisotopic (exact) mass is 248 g/mol. The Labute approximate surface area is 108 Å². The molecule has 0 saturated carbocycles. The summed E-state index contributed by atoms with van der Waals surface area (Å²) < 4.78 is 5.58. The van der Waals surface area contributed by atoms with Gasteiger partial charge in [-0.1, -0.05) is 17.7 Å². The van der Waals surface area contributed by atoms with Crippen LogP contribution in [0.3, 0.4) is 0 Å². The van der Waals surface area contributed by atoms with Crippen LogP contribution in [0.1, 0.15) is 12.0 Å². The Kier molecular flexibility index (Phi) is 4.59. The SMILES string of the molecule is Cc1ccc(OCCCNC(=O)C2CNC2)cc1. The highest BCUT2D eigenvalue weighted by molar-refractivity contribution is 5.79. The molecule has 1 aromatic rings. The van der Waals surface area contributed by atoms with Crippen LogP contribution in [-0.2, 0) is 4.79 Å². The molecule has 1 aromatic carbocycles. The van der Waals surface area contributed by atoms with Crippen molar-refractivity contribution in [2.45, 2.75) is 13.3 Å². The maximum absolute atomic E-state index is 11.5. The van der Waals surface area contributed by atoms with E-state index in [0.717, 1.165) is 25.3 Å². The molecule has 0 aromatic heterocycles. The van der Waals surface area contributed by atoms with Crippen LogP contribution in [0.2, 0.25) is 0 Å². The number of ether oxygens (including phenoxy) is 1. The third-order valence-electron chi connectivity index (χ3n) is 3.06. The van der Waals surface area contributed by atoms with E-state index in [-0.39, 0.29) is 11.8 Å². The van der Waals surface area contributed by atoms with E-state index in [9.17, 15) is 4.79 Å². The van der Waals surface area contributed by atoms with Gasteiger partial charge in [0.15, 0.2) is 0 Å². The largest absolute Gasteiger partial charge is 0.494 e. The molecule has 0 bridgehead atoms. The Bertz CT molecular complexity index is 385. The molecular formula is C14H20N2O2. The van der Waals surface area contributed by atoms with Crippen molar-refractivity contribution in [3.05, 3.63) is 29.8 Å². The van der Waals surface area contributed by atoms with Gasteiger partial charge in [0.1, 0.15) is 5.75 Å². The number of carbonyl (C=O) groups is 1. The average Bonchev–Trinajstić information content (AvgIpc) is 2.29. The summed E-state index contributed by atoms with van der Waals surface area (Å²) in [7, 11) is 0. The van der Waals surface area contributed by atoms with Gasteiger partial charge in [0.05, 0.1) is 12.5 Å². The maximum Gasteiger partial charge on any atom is 0.225 e. The first-order chi connectivity index (χ1) is 8.75. The summed E-state index contributed by atoms with van der Waals surface area (Å²) in [6.45, 7) is 4.99. The number of carbonyl (C=O) groups excluding carboxylic acids is 1. The Balaban J connectivity index is 1.55. The van der Waals surface area contributed by atoms with Gasteiger partial charge in [-0.15, -0.1) is 0 Å². The smallest absolute Gasteiger partial charge is 0.225 e. The average molecular weight is 248 g/mol. The van der Waals surface area contributed by atoms with E-state index in [2.05, 4.69) is 17.6 Å². The van der Waals surface area contributed by atoms with Crippen LogP contribution in [0.4, 0.5) is 0 Å². The number of rotatable bonds is 6. The topological polar surface area (TPSA) is 50.4 Å². The lowest BCUT2D eigenvalue weighted by Crippen LogP contribution is -2.50. The van der Waals surface area contributed by atoms with Crippen molar-refractivity contribution in [1.82, 2.24) is 10.6 Å². The van der Waals surface area contributed by atoms with Gasteiger partial charge in [-0.05, 0) is 25.5 Å². The van der Waals surface area contributed by atoms with Gasteiger partial charge in [0.25, 0.3) is 0 Å². The number of amides is 1. The summed E-state index contributed by atoms with van der Waals surface area (Å²) >= 11 is 0. The minimum absolute atomic E-state index is 0.157. The molecular weight excluding hydrogens is 228 g/mol. The minimum Gasteiger partial charge on any atom is -0.494 e. The van der Waals surface area contributed by atoms with E-state index < -0.39 is 0 Å². The molecule has 0 radical (unpaired) electrons. The van der Waals surface area contributed by atoms with E-state index >= 15 is 0 Å². The van der Waals surface area contributed by atoms with Gasteiger partial charge in [-0.2, -0.15) is 0 Å². The van der Waals surface area contributed by atoms with Gasteiger partial charge in [0, 0.05) is 19.6 Å². The molecule has 1 aliphatic heterocycles. The van der Waals surface area contributed by atoms with Gasteiger partial charge in [-0.25, -0.2) is 0 Å². The van der Waals surface area contributed by atoms with Gasteiger partial charge in [-0.3, -0.25) is 4.79 Å². The molecule has 0 unspecified atom stereocenters. The lowest BCUT2D eigenvalue weighted by molar-refractivity contribution is -0.126. The summed E-state index contributed by atoms with van der Waals surface area (Å²) in [5, 5.41) is 6.01. The van der Waals surface area contributed by atoms with Gasteiger partial charge < -0.3 is 15.4 Å². The summed E-state index contributed by atoms with van der Waals surface area (Å²) in [6.07, 6.45) is 0.833. The number of aryl methyl sites for hydroxylation is 1. The normalized spacial score (nSPS) is 14.9. The second kappa shape index (κ2) is 6.40. The quantitative estimate of drug-likeness (QED) is 0.741. The Morgan fingerprint density at radius 3 is 2.72 bits per heavy atom. The van der Waals surface area contributed by atoms with Crippen molar-refractivity contribution in [2.24, 2.45) is 5.92 Å². The molecule has 0 aliphatic carbocycles. The summed E-state index contributed by atoms with van der Waals surface area (Å²) in [5.41, 5.74) is 1.23. The van der Waals surface area contributed by atoms with Crippen molar-refractivity contribution >= 4 is 5.91 Å². The first-order valence-electron chi connectivity index (χ1n) is 6.43. The Hall–Kier alpha value is -1.55. The third kappa shape index (κ3) is 3.74. The van der Waals surface area contributed by atoms with E-state index in [1.54, 1.807) is 0 Å². The van der Waals surface area contributed by atoms with Crippen molar-refractivity contribution in [3.8, 4) is 5.75 Å².